The molecule has 0 atom stereocenters. The molecule has 0 heterocycles. The highest BCUT2D eigenvalue weighted by atomic mass is 16.5. The second-order valence-electron chi connectivity index (χ2n) is 4.35. The van der Waals surface area contributed by atoms with Crippen LogP contribution >= 0.6 is 0 Å². The van der Waals surface area contributed by atoms with E-state index in [4.69, 9.17) is 14.6 Å². The van der Waals surface area contributed by atoms with Crippen LogP contribution in [0, 0.1) is 0 Å². The SMILES string of the molecule is C=C(C)COCCCOC(=O)c1ccccc1C(=O)O. The fourth-order valence-electron chi connectivity index (χ4n) is 1.50. The number of carbonyl (C=O) groups is 2. The monoisotopic (exact) mass is 278 g/mol. The number of hydrogen-bond donors (Lipinski definition) is 1. The van der Waals surface area contributed by atoms with Crippen LogP contribution in [0.25, 0.3) is 0 Å². The van der Waals surface area contributed by atoms with E-state index in [1.807, 2.05) is 6.92 Å². The van der Waals surface area contributed by atoms with Gasteiger partial charge in [0.2, 0.25) is 0 Å². The predicted molar refractivity (Wildman–Crippen MR) is 73.9 cm³/mol. The summed E-state index contributed by atoms with van der Waals surface area (Å²) in [5, 5.41) is 8.97. The molecule has 1 N–H and O–H groups in total. The van der Waals surface area contributed by atoms with Gasteiger partial charge in [0, 0.05) is 6.42 Å². The highest BCUT2D eigenvalue weighted by Crippen LogP contribution is 2.10. The first kappa shape index (κ1) is 15.9. The van der Waals surface area contributed by atoms with Gasteiger partial charge in [-0.3, -0.25) is 0 Å². The van der Waals surface area contributed by atoms with E-state index in [0.717, 1.165) is 5.57 Å². The Morgan fingerprint density at radius 2 is 1.85 bits per heavy atom. The van der Waals surface area contributed by atoms with Gasteiger partial charge in [0.15, 0.2) is 0 Å². The van der Waals surface area contributed by atoms with Gasteiger partial charge in [-0.2, -0.15) is 0 Å². The lowest BCUT2D eigenvalue weighted by molar-refractivity contribution is 0.0447. The van der Waals surface area contributed by atoms with Gasteiger partial charge >= 0.3 is 11.9 Å². The fraction of sp³-hybridized carbons (Fsp3) is 0.333. The largest absolute Gasteiger partial charge is 0.478 e. The van der Waals surface area contributed by atoms with Crippen molar-refractivity contribution in [2.75, 3.05) is 19.8 Å². The van der Waals surface area contributed by atoms with Gasteiger partial charge in [-0.1, -0.05) is 24.3 Å². The summed E-state index contributed by atoms with van der Waals surface area (Å²) >= 11 is 0. The first-order valence-corrected chi connectivity index (χ1v) is 6.24. The number of rotatable bonds is 8. The zero-order valence-electron chi connectivity index (χ0n) is 11.4. The third kappa shape index (κ3) is 5.24. The Hall–Kier alpha value is -2.14. The summed E-state index contributed by atoms with van der Waals surface area (Å²) in [5.74, 6) is -1.79. The number of aromatic carboxylic acids is 1. The van der Waals surface area contributed by atoms with Crippen molar-refractivity contribution >= 4 is 11.9 Å². The standard InChI is InChI=1S/C15H18O5/c1-11(2)10-19-8-5-9-20-15(18)13-7-4-3-6-12(13)14(16)17/h3-4,6-7H,1,5,8-10H2,2H3,(H,16,17). The minimum atomic E-state index is -1.15. The lowest BCUT2D eigenvalue weighted by Crippen LogP contribution is -2.13. The third-order valence-electron chi connectivity index (χ3n) is 2.39. The van der Waals surface area contributed by atoms with E-state index in [-0.39, 0.29) is 17.7 Å². The van der Waals surface area contributed by atoms with Crippen LogP contribution in [0.2, 0.25) is 0 Å². The van der Waals surface area contributed by atoms with E-state index in [0.29, 0.717) is 19.6 Å². The van der Waals surface area contributed by atoms with Crippen LogP contribution in [-0.4, -0.2) is 36.9 Å². The van der Waals surface area contributed by atoms with E-state index in [2.05, 4.69) is 6.58 Å². The number of carbonyl (C=O) groups excluding carboxylic acids is 1. The molecule has 0 spiro atoms. The molecule has 5 nitrogen and oxygen atoms in total. The van der Waals surface area contributed by atoms with Gasteiger partial charge in [-0.15, -0.1) is 0 Å². The maximum Gasteiger partial charge on any atom is 0.339 e. The molecule has 0 aliphatic carbocycles. The molecule has 0 aliphatic rings. The predicted octanol–water partition coefficient (Wildman–Crippen LogP) is 2.52. The van der Waals surface area contributed by atoms with Crippen molar-refractivity contribution in [2.45, 2.75) is 13.3 Å². The second kappa shape index (κ2) is 8.12. The number of carboxylic acid groups (broad SMARTS) is 1. The van der Waals surface area contributed by atoms with Crippen molar-refractivity contribution in [1.29, 1.82) is 0 Å². The molecule has 0 saturated heterocycles. The molecule has 0 aliphatic heterocycles. The molecule has 0 fully saturated rings. The zero-order valence-corrected chi connectivity index (χ0v) is 11.4. The third-order valence-corrected chi connectivity index (χ3v) is 2.39. The first-order chi connectivity index (χ1) is 9.52. The molecule has 0 bridgehead atoms. The highest BCUT2D eigenvalue weighted by molar-refractivity contribution is 6.02. The van der Waals surface area contributed by atoms with Crippen LogP contribution in [-0.2, 0) is 9.47 Å². The summed E-state index contributed by atoms with van der Waals surface area (Å²) in [6.07, 6.45) is 0.550. The van der Waals surface area contributed by atoms with Crippen molar-refractivity contribution in [3.05, 3.63) is 47.5 Å². The molecule has 0 radical (unpaired) electrons. The van der Waals surface area contributed by atoms with Gasteiger partial charge in [0.25, 0.3) is 0 Å². The Kier molecular flexibility index (Phi) is 6.46. The van der Waals surface area contributed by atoms with Crippen molar-refractivity contribution in [3.63, 3.8) is 0 Å². The van der Waals surface area contributed by atoms with Crippen LogP contribution in [0.5, 0.6) is 0 Å². The van der Waals surface area contributed by atoms with Gasteiger partial charge in [0.05, 0.1) is 30.9 Å². The van der Waals surface area contributed by atoms with Crippen LogP contribution < -0.4 is 0 Å². The molecule has 0 amide bonds. The van der Waals surface area contributed by atoms with Crippen LogP contribution in [0.15, 0.2) is 36.4 Å². The summed E-state index contributed by atoms with van der Waals surface area (Å²) in [7, 11) is 0. The van der Waals surface area contributed by atoms with Crippen LogP contribution in [0.3, 0.4) is 0 Å². The summed E-state index contributed by atoms with van der Waals surface area (Å²) in [6, 6.07) is 5.96. The number of hydrogen-bond acceptors (Lipinski definition) is 4. The van der Waals surface area contributed by atoms with Gasteiger partial charge in [-0.05, 0) is 19.1 Å². The Labute approximate surface area is 117 Å². The minimum Gasteiger partial charge on any atom is -0.478 e. The quantitative estimate of drug-likeness (QED) is 0.449. The molecule has 1 rings (SSSR count). The topological polar surface area (TPSA) is 72.8 Å². The van der Waals surface area contributed by atoms with E-state index in [1.54, 1.807) is 12.1 Å². The van der Waals surface area contributed by atoms with Gasteiger partial charge in [-0.25, -0.2) is 9.59 Å². The Balaban J connectivity index is 2.40. The first-order valence-electron chi connectivity index (χ1n) is 6.24. The van der Waals surface area contributed by atoms with E-state index >= 15 is 0 Å². The zero-order chi connectivity index (χ0) is 15.0. The molecule has 1 aromatic rings. The molecule has 0 saturated carbocycles. The van der Waals surface area contributed by atoms with Crippen LogP contribution in [0.4, 0.5) is 0 Å². The average molecular weight is 278 g/mol. The molecule has 108 valence electrons. The molecule has 0 aromatic heterocycles. The number of ether oxygens (including phenoxy) is 2. The molecule has 1 aromatic carbocycles. The summed E-state index contributed by atoms with van der Waals surface area (Å²) in [4.78, 5) is 22.7. The fourth-order valence-corrected chi connectivity index (χ4v) is 1.50. The highest BCUT2D eigenvalue weighted by Gasteiger charge is 2.16. The van der Waals surface area contributed by atoms with Gasteiger partial charge < -0.3 is 14.6 Å². The van der Waals surface area contributed by atoms with Crippen molar-refractivity contribution in [1.82, 2.24) is 0 Å². The molecular weight excluding hydrogens is 260 g/mol. The average Bonchev–Trinajstić information content (AvgIpc) is 2.42. The summed E-state index contributed by atoms with van der Waals surface area (Å²) < 4.78 is 10.3. The lowest BCUT2D eigenvalue weighted by Gasteiger charge is -2.07. The van der Waals surface area contributed by atoms with Crippen molar-refractivity contribution in [3.8, 4) is 0 Å². The molecule has 20 heavy (non-hydrogen) atoms. The molecule has 0 unspecified atom stereocenters. The number of benzene rings is 1. The second-order valence-corrected chi connectivity index (χ2v) is 4.35. The normalized spacial score (nSPS) is 10.1. The Morgan fingerprint density at radius 3 is 2.45 bits per heavy atom. The van der Waals surface area contributed by atoms with Crippen molar-refractivity contribution in [2.24, 2.45) is 0 Å². The smallest absolute Gasteiger partial charge is 0.339 e. The number of carboxylic acids is 1. The number of esters is 1. The Bertz CT molecular complexity index is 493. The molecular formula is C15H18O5. The van der Waals surface area contributed by atoms with Crippen LogP contribution in [0.1, 0.15) is 34.1 Å². The van der Waals surface area contributed by atoms with Gasteiger partial charge in [0.1, 0.15) is 0 Å². The van der Waals surface area contributed by atoms with E-state index in [1.165, 1.54) is 12.1 Å². The minimum absolute atomic E-state index is 0.0582. The van der Waals surface area contributed by atoms with Crippen molar-refractivity contribution < 1.29 is 24.2 Å². The van der Waals surface area contributed by atoms with E-state index < -0.39 is 11.9 Å². The Morgan fingerprint density at radius 1 is 1.20 bits per heavy atom. The lowest BCUT2D eigenvalue weighted by atomic mass is 10.1. The maximum atomic E-state index is 11.8. The van der Waals surface area contributed by atoms with E-state index in [9.17, 15) is 9.59 Å². The maximum absolute atomic E-state index is 11.8. The molecule has 5 heteroatoms. The summed E-state index contributed by atoms with van der Waals surface area (Å²) in [5.41, 5.74) is 0.927. The summed E-state index contributed by atoms with van der Waals surface area (Å²) in [6.45, 7) is 6.69.